The molecule has 0 saturated carbocycles. The fraction of sp³-hybridized carbons (Fsp3) is 0.500. The van der Waals surface area contributed by atoms with Crippen molar-refractivity contribution in [2.24, 2.45) is 5.14 Å². The highest BCUT2D eigenvalue weighted by atomic mass is 32.2. The molecule has 8 heteroatoms. The van der Waals surface area contributed by atoms with Crippen LogP contribution in [0.5, 0.6) is 0 Å². The van der Waals surface area contributed by atoms with Crippen LogP contribution in [0, 0.1) is 0 Å². The van der Waals surface area contributed by atoms with E-state index in [-0.39, 0.29) is 16.7 Å². The molecule has 1 atom stereocenters. The van der Waals surface area contributed by atoms with Crippen molar-refractivity contribution in [3.63, 3.8) is 0 Å². The molecule has 1 aromatic rings. The maximum Gasteiger partial charge on any atom is 0.238 e. The second kappa shape index (κ2) is 6.21. The maximum absolute atomic E-state index is 12.0. The predicted molar refractivity (Wildman–Crippen MR) is 78.1 cm³/mol. The molecule has 1 unspecified atom stereocenters. The Balaban J connectivity index is 3.02. The molecule has 20 heavy (non-hydrogen) atoms. The van der Waals surface area contributed by atoms with Crippen molar-refractivity contribution < 1.29 is 16.8 Å². The molecule has 0 fully saturated rings. The summed E-state index contributed by atoms with van der Waals surface area (Å²) in [6, 6.07) is 5.52. The largest absolute Gasteiger partial charge is 0.238 e. The smallest absolute Gasteiger partial charge is 0.225 e. The molecule has 0 aromatic heterocycles. The third-order valence-electron chi connectivity index (χ3n) is 3.14. The summed E-state index contributed by atoms with van der Waals surface area (Å²) >= 11 is 0. The lowest BCUT2D eigenvalue weighted by molar-refractivity contribution is 0.398. The molecule has 0 heterocycles. The summed E-state index contributed by atoms with van der Waals surface area (Å²) in [5.74, 6) is 0.0864. The van der Waals surface area contributed by atoms with Crippen LogP contribution in [0.4, 0.5) is 0 Å². The standard InChI is InChI=1S/C12H20N2O4S2/c1-4-9-19(15,16)14(3)10(2)11-5-7-12(8-6-11)20(13,17)18/h5-8,10H,4,9H2,1-3H3,(H2,13,17,18). The summed E-state index contributed by atoms with van der Waals surface area (Å²) in [7, 11) is -5.52. The Morgan fingerprint density at radius 2 is 1.65 bits per heavy atom. The van der Waals surface area contributed by atoms with Crippen LogP contribution in [0.25, 0.3) is 0 Å². The van der Waals surface area contributed by atoms with Gasteiger partial charge >= 0.3 is 0 Å². The van der Waals surface area contributed by atoms with Crippen molar-refractivity contribution in [2.75, 3.05) is 12.8 Å². The van der Waals surface area contributed by atoms with Gasteiger partial charge in [0, 0.05) is 13.1 Å². The Labute approximate surface area is 120 Å². The van der Waals surface area contributed by atoms with E-state index < -0.39 is 20.0 Å². The first kappa shape index (κ1) is 17.1. The maximum atomic E-state index is 12.0. The van der Waals surface area contributed by atoms with Gasteiger partial charge in [0.25, 0.3) is 0 Å². The molecule has 0 aliphatic heterocycles. The highest BCUT2D eigenvalue weighted by Gasteiger charge is 2.23. The molecular formula is C12H20N2O4S2. The third kappa shape index (κ3) is 4.02. The van der Waals surface area contributed by atoms with Crippen molar-refractivity contribution in [3.05, 3.63) is 29.8 Å². The number of primary sulfonamides is 1. The number of benzene rings is 1. The number of nitrogens with two attached hydrogens (primary N) is 1. The molecule has 0 aliphatic rings. The van der Waals surface area contributed by atoms with Crippen LogP contribution in [0.3, 0.4) is 0 Å². The summed E-state index contributed by atoms with van der Waals surface area (Å²) < 4.78 is 47.6. The van der Waals surface area contributed by atoms with E-state index in [9.17, 15) is 16.8 Å². The van der Waals surface area contributed by atoms with Gasteiger partial charge in [0.05, 0.1) is 10.6 Å². The number of sulfonamides is 2. The summed E-state index contributed by atoms with van der Waals surface area (Å²) in [4.78, 5) is 0.00696. The molecule has 0 spiro atoms. The minimum absolute atomic E-state index is 0.00696. The summed E-state index contributed by atoms with van der Waals surface area (Å²) in [6.07, 6.45) is 0.545. The van der Waals surface area contributed by atoms with Crippen LogP contribution in [0.1, 0.15) is 31.9 Å². The van der Waals surface area contributed by atoms with Crippen molar-refractivity contribution in [1.29, 1.82) is 0 Å². The Hall–Kier alpha value is -0.960. The van der Waals surface area contributed by atoms with Crippen molar-refractivity contribution >= 4 is 20.0 Å². The Morgan fingerprint density at radius 1 is 1.15 bits per heavy atom. The average Bonchev–Trinajstić information content (AvgIpc) is 2.36. The number of rotatable bonds is 6. The van der Waals surface area contributed by atoms with Gasteiger partial charge in [0.1, 0.15) is 0 Å². The van der Waals surface area contributed by atoms with E-state index in [1.807, 2.05) is 0 Å². The van der Waals surface area contributed by atoms with E-state index >= 15 is 0 Å². The minimum atomic E-state index is -3.73. The van der Waals surface area contributed by atoms with Gasteiger partial charge in [0.2, 0.25) is 20.0 Å². The number of nitrogens with zero attached hydrogens (tertiary/aromatic N) is 1. The number of hydrogen-bond donors (Lipinski definition) is 1. The highest BCUT2D eigenvalue weighted by molar-refractivity contribution is 7.89. The zero-order chi connectivity index (χ0) is 15.6. The third-order valence-corrected chi connectivity index (χ3v) is 6.18. The first-order valence-corrected chi connectivity index (χ1v) is 9.33. The van der Waals surface area contributed by atoms with Gasteiger partial charge in [-0.05, 0) is 31.0 Å². The molecular weight excluding hydrogens is 300 g/mol. The fourth-order valence-corrected chi connectivity index (χ4v) is 3.71. The summed E-state index contributed by atoms with van der Waals surface area (Å²) in [5, 5.41) is 5.02. The second-order valence-corrected chi connectivity index (χ2v) is 8.33. The van der Waals surface area contributed by atoms with Gasteiger partial charge < -0.3 is 0 Å². The normalized spacial score (nSPS) is 14.4. The van der Waals surface area contributed by atoms with Crippen molar-refractivity contribution in [3.8, 4) is 0 Å². The fourth-order valence-electron chi connectivity index (χ4n) is 1.79. The SMILES string of the molecule is CCCS(=O)(=O)N(C)C(C)c1ccc(S(N)(=O)=O)cc1. The van der Waals surface area contributed by atoms with E-state index in [0.717, 1.165) is 0 Å². The number of hydrogen-bond acceptors (Lipinski definition) is 4. The molecule has 0 aliphatic carbocycles. The van der Waals surface area contributed by atoms with Gasteiger partial charge in [-0.3, -0.25) is 0 Å². The molecule has 1 aromatic carbocycles. The Bertz CT molecular complexity index is 651. The topological polar surface area (TPSA) is 97.5 Å². The minimum Gasteiger partial charge on any atom is -0.225 e. The van der Waals surface area contributed by atoms with Gasteiger partial charge in [-0.1, -0.05) is 19.1 Å². The quantitative estimate of drug-likeness (QED) is 0.847. The second-order valence-electron chi connectivity index (χ2n) is 4.62. The Kier molecular flexibility index (Phi) is 5.31. The van der Waals surface area contributed by atoms with E-state index in [1.54, 1.807) is 26.0 Å². The van der Waals surface area contributed by atoms with Crippen LogP contribution in [-0.2, 0) is 20.0 Å². The van der Waals surface area contributed by atoms with Gasteiger partial charge in [-0.15, -0.1) is 0 Å². The molecule has 0 bridgehead atoms. The summed E-state index contributed by atoms with van der Waals surface area (Å²) in [6.45, 7) is 3.55. The molecule has 2 N–H and O–H groups in total. The van der Waals surface area contributed by atoms with Gasteiger partial charge in [-0.25, -0.2) is 22.0 Å². The zero-order valence-electron chi connectivity index (χ0n) is 11.8. The molecule has 114 valence electrons. The average molecular weight is 320 g/mol. The van der Waals surface area contributed by atoms with Crippen LogP contribution in [-0.4, -0.2) is 33.9 Å². The summed E-state index contributed by atoms with van der Waals surface area (Å²) in [5.41, 5.74) is 0.708. The van der Waals surface area contributed by atoms with Crippen LogP contribution < -0.4 is 5.14 Å². The zero-order valence-corrected chi connectivity index (χ0v) is 13.4. The molecule has 0 radical (unpaired) electrons. The molecule has 0 amide bonds. The Morgan fingerprint density at radius 3 is 2.05 bits per heavy atom. The van der Waals surface area contributed by atoms with Crippen LogP contribution >= 0.6 is 0 Å². The van der Waals surface area contributed by atoms with E-state index in [2.05, 4.69) is 0 Å². The van der Waals surface area contributed by atoms with Crippen molar-refractivity contribution in [2.45, 2.75) is 31.2 Å². The van der Waals surface area contributed by atoms with Crippen molar-refractivity contribution in [1.82, 2.24) is 4.31 Å². The first-order chi connectivity index (χ1) is 9.09. The monoisotopic (exact) mass is 320 g/mol. The molecule has 0 saturated heterocycles. The first-order valence-electron chi connectivity index (χ1n) is 6.18. The van der Waals surface area contributed by atoms with Crippen LogP contribution in [0.2, 0.25) is 0 Å². The molecule has 6 nitrogen and oxygen atoms in total. The van der Waals surface area contributed by atoms with E-state index in [0.29, 0.717) is 12.0 Å². The lowest BCUT2D eigenvalue weighted by Crippen LogP contribution is -2.31. The van der Waals surface area contributed by atoms with E-state index in [1.165, 1.54) is 23.5 Å². The van der Waals surface area contributed by atoms with E-state index in [4.69, 9.17) is 5.14 Å². The predicted octanol–water partition coefficient (Wildman–Crippen LogP) is 1.07. The van der Waals surface area contributed by atoms with Crippen LogP contribution in [0.15, 0.2) is 29.2 Å². The van der Waals surface area contributed by atoms with Gasteiger partial charge in [-0.2, -0.15) is 4.31 Å². The van der Waals surface area contributed by atoms with Gasteiger partial charge in [0.15, 0.2) is 0 Å². The lowest BCUT2D eigenvalue weighted by atomic mass is 10.1. The highest BCUT2D eigenvalue weighted by Crippen LogP contribution is 2.23. The lowest BCUT2D eigenvalue weighted by Gasteiger charge is -2.24. The molecule has 1 rings (SSSR count).